The molecule has 0 saturated heterocycles. The molecule has 120 valence electrons. The number of phenolic OH excluding ortho intramolecular Hbond substituents is 1. The first kappa shape index (κ1) is 16.0. The summed E-state index contributed by atoms with van der Waals surface area (Å²) in [4.78, 5) is 15.5. The molecule has 0 aliphatic carbocycles. The van der Waals surface area contributed by atoms with Gasteiger partial charge in [-0.1, -0.05) is 35.9 Å². The number of halogens is 1. The van der Waals surface area contributed by atoms with Gasteiger partial charge in [0.2, 0.25) is 0 Å². The van der Waals surface area contributed by atoms with Crippen LogP contribution >= 0.6 is 11.6 Å². The van der Waals surface area contributed by atoms with Gasteiger partial charge in [0.1, 0.15) is 23.0 Å². The lowest BCUT2D eigenvalue weighted by molar-refractivity contribution is 0.101. The Morgan fingerprint density at radius 3 is 2.58 bits per heavy atom. The van der Waals surface area contributed by atoms with Crippen molar-refractivity contribution in [2.24, 2.45) is 4.99 Å². The third-order valence-corrected chi connectivity index (χ3v) is 3.71. The molecule has 0 unspecified atom stereocenters. The lowest BCUT2D eigenvalue weighted by Gasteiger charge is -1.99. The number of Topliss-reactive ketones (excluding diaryl/α,β-unsaturated/α-hetero) is 1. The Labute approximate surface area is 144 Å². The molecule has 0 aliphatic heterocycles. The second-order valence-corrected chi connectivity index (χ2v) is 5.66. The Morgan fingerprint density at radius 1 is 1.12 bits per heavy atom. The summed E-state index contributed by atoms with van der Waals surface area (Å²) in [5.74, 6) is 1.28. The van der Waals surface area contributed by atoms with Crippen LogP contribution < -0.4 is 0 Å². The molecule has 0 fully saturated rings. The molecule has 0 spiro atoms. The molecule has 3 rings (SSSR count). The van der Waals surface area contributed by atoms with E-state index in [9.17, 15) is 9.90 Å². The number of carbonyl (C=O) groups excluding carboxylic acids is 1. The van der Waals surface area contributed by atoms with Gasteiger partial charge in [0.15, 0.2) is 5.78 Å². The SMILES string of the molecule is CC(=O)c1ccc(-c2ccc(C=Nc3cc(Cl)ccc3O)o2)cc1. The predicted octanol–water partition coefficient (Wildman–Crippen LogP) is 5.26. The van der Waals surface area contributed by atoms with Gasteiger partial charge in [-0.3, -0.25) is 4.79 Å². The van der Waals surface area contributed by atoms with Crippen molar-refractivity contribution in [3.63, 3.8) is 0 Å². The number of ketones is 1. The highest BCUT2D eigenvalue weighted by atomic mass is 35.5. The third-order valence-electron chi connectivity index (χ3n) is 3.47. The van der Waals surface area contributed by atoms with Gasteiger partial charge in [0, 0.05) is 16.1 Å². The van der Waals surface area contributed by atoms with Crippen molar-refractivity contribution in [2.75, 3.05) is 0 Å². The van der Waals surface area contributed by atoms with E-state index in [0.717, 1.165) is 5.56 Å². The maximum absolute atomic E-state index is 11.3. The fraction of sp³-hybridized carbons (Fsp3) is 0.0526. The summed E-state index contributed by atoms with van der Waals surface area (Å²) in [6.07, 6.45) is 1.51. The van der Waals surface area contributed by atoms with Crippen LogP contribution in [0.15, 0.2) is 64.0 Å². The lowest BCUT2D eigenvalue weighted by Crippen LogP contribution is -1.90. The van der Waals surface area contributed by atoms with Crippen molar-refractivity contribution in [3.05, 3.63) is 70.9 Å². The lowest BCUT2D eigenvalue weighted by atomic mass is 10.1. The average molecular weight is 340 g/mol. The quantitative estimate of drug-likeness (QED) is 0.521. The van der Waals surface area contributed by atoms with Crippen LogP contribution in [-0.2, 0) is 0 Å². The van der Waals surface area contributed by atoms with E-state index in [1.807, 2.05) is 18.2 Å². The maximum atomic E-state index is 11.3. The summed E-state index contributed by atoms with van der Waals surface area (Å²) in [7, 11) is 0. The van der Waals surface area contributed by atoms with Crippen LogP contribution in [0.1, 0.15) is 23.0 Å². The van der Waals surface area contributed by atoms with Crippen LogP contribution in [0.4, 0.5) is 5.69 Å². The molecule has 0 saturated carbocycles. The van der Waals surface area contributed by atoms with Crippen molar-refractivity contribution in [1.82, 2.24) is 0 Å². The van der Waals surface area contributed by atoms with Gasteiger partial charge < -0.3 is 9.52 Å². The number of aliphatic imine (C=N–C) groups is 1. The second kappa shape index (κ2) is 6.72. The Hall–Kier alpha value is -2.85. The number of hydrogen-bond donors (Lipinski definition) is 1. The normalized spacial score (nSPS) is 11.1. The highest BCUT2D eigenvalue weighted by Gasteiger charge is 2.06. The summed E-state index contributed by atoms with van der Waals surface area (Å²) in [6, 6.07) is 15.4. The second-order valence-electron chi connectivity index (χ2n) is 5.23. The predicted molar refractivity (Wildman–Crippen MR) is 94.5 cm³/mol. The van der Waals surface area contributed by atoms with E-state index >= 15 is 0 Å². The number of benzene rings is 2. The van der Waals surface area contributed by atoms with Gasteiger partial charge in [-0.05, 0) is 37.3 Å². The molecule has 5 heteroatoms. The van der Waals surface area contributed by atoms with Crippen LogP contribution in [0, 0.1) is 0 Å². The number of rotatable bonds is 4. The standard InChI is InChI=1S/C19H14ClNO3/c1-12(22)13-2-4-14(5-3-13)19-9-7-16(24-19)11-21-17-10-15(20)6-8-18(17)23/h2-11,23H,1H3. The van der Waals surface area contributed by atoms with Crippen LogP contribution in [0.2, 0.25) is 5.02 Å². The molecule has 0 amide bonds. The van der Waals surface area contributed by atoms with Crippen LogP contribution in [0.25, 0.3) is 11.3 Å². The number of aromatic hydroxyl groups is 1. The number of hydrogen-bond acceptors (Lipinski definition) is 4. The van der Waals surface area contributed by atoms with Crippen molar-refractivity contribution in [2.45, 2.75) is 6.92 Å². The zero-order chi connectivity index (χ0) is 17.1. The van der Waals surface area contributed by atoms with E-state index in [0.29, 0.717) is 27.8 Å². The molecule has 3 aromatic rings. The Balaban J connectivity index is 1.81. The van der Waals surface area contributed by atoms with Gasteiger partial charge >= 0.3 is 0 Å². The van der Waals surface area contributed by atoms with Gasteiger partial charge in [0.05, 0.1) is 6.21 Å². The van der Waals surface area contributed by atoms with E-state index in [1.165, 1.54) is 19.2 Å². The van der Waals surface area contributed by atoms with E-state index < -0.39 is 0 Å². The van der Waals surface area contributed by atoms with Crippen LogP contribution in [-0.4, -0.2) is 17.1 Å². The zero-order valence-corrected chi connectivity index (χ0v) is 13.6. The minimum absolute atomic E-state index is 0.0233. The largest absolute Gasteiger partial charge is 0.506 e. The molecule has 24 heavy (non-hydrogen) atoms. The summed E-state index contributed by atoms with van der Waals surface area (Å²) in [5.41, 5.74) is 1.89. The molecule has 0 bridgehead atoms. The summed E-state index contributed by atoms with van der Waals surface area (Å²) in [5, 5.41) is 10.2. The van der Waals surface area contributed by atoms with Crippen LogP contribution in [0.5, 0.6) is 5.75 Å². The highest BCUT2D eigenvalue weighted by molar-refractivity contribution is 6.30. The highest BCUT2D eigenvalue weighted by Crippen LogP contribution is 2.29. The summed E-state index contributed by atoms with van der Waals surface area (Å²) in [6.45, 7) is 1.53. The molecule has 1 aromatic heterocycles. The summed E-state index contributed by atoms with van der Waals surface area (Å²) < 4.78 is 5.71. The van der Waals surface area contributed by atoms with Gasteiger partial charge in [0.25, 0.3) is 0 Å². The Kier molecular flexibility index (Phi) is 4.49. The number of phenols is 1. The summed E-state index contributed by atoms with van der Waals surface area (Å²) >= 11 is 5.89. The van der Waals surface area contributed by atoms with E-state index in [-0.39, 0.29) is 11.5 Å². The minimum atomic E-state index is 0.0233. The molecule has 0 radical (unpaired) electrons. The topological polar surface area (TPSA) is 62.8 Å². The number of nitrogens with zero attached hydrogens (tertiary/aromatic N) is 1. The maximum Gasteiger partial charge on any atom is 0.159 e. The van der Waals surface area contributed by atoms with Gasteiger partial charge in [-0.15, -0.1) is 0 Å². The van der Waals surface area contributed by atoms with Crippen molar-refractivity contribution in [1.29, 1.82) is 0 Å². The third kappa shape index (κ3) is 3.55. The molecule has 2 aromatic carbocycles. The molecule has 1 heterocycles. The number of carbonyl (C=O) groups is 1. The first-order valence-electron chi connectivity index (χ1n) is 7.27. The minimum Gasteiger partial charge on any atom is -0.506 e. The van der Waals surface area contributed by atoms with Crippen molar-refractivity contribution < 1.29 is 14.3 Å². The first-order valence-corrected chi connectivity index (χ1v) is 7.64. The molecule has 0 aliphatic rings. The van der Waals surface area contributed by atoms with Crippen LogP contribution in [0.3, 0.4) is 0 Å². The van der Waals surface area contributed by atoms with Crippen molar-refractivity contribution in [3.8, 4) is 17.1 Å². The molecular formula is C19H14ClNO3. The number of furan rings is 1. The average Bonchev–Trinajstić information content (AvgIpc) is 3.05. The smallest absolute Gasteiger partial charge is 0.159 e. The fourth-order valence-electron chi connectivity index (χ4n) is 2.18. The van der Waals surface area contributed by atoms with Gasteiger partial charge in [-0.25, -0.2) is 4.99 Å². The zero-order valence-electron chi connectivity index (χ0n) is 12.9. The molecule has 4 nitrogen and oxygen atoms in total. The Morgan fingerprint density at radius 2 is 1.88 bits per heavy atom. The van der Waals surface area contributed by atoms with E-state index in [4.69, 9.17) is 16.0 Å². The fourth-order valence-corrected chi connectivity index (χ4v) is 2.35. The monoisotopic (exact) mass is 339 g/mol. The van der Waals surface area contributed by atoms with E-state index in [2.05, 4.69) is 4.99 Å². The molecule has 0 atom stereocenters. The Bertz CT molecular complexity index is 911. The van der Waals surface area contributed by atoms with E-state index in [1.54, 1.807) is 30.3 Å². The molecular weight excluding hydrogens is 326 g/mol. The first-order chi connectivity index (χ1) is 11.5. The van der Waals surface area contributed by atoms with Gasteiger partial charge in [-0.2, -0.15) is 0 Å². The van der Waals surface area contributed by atoms with Crippen molar-refractivity contribution >= 4 is 29.3 Å². The molecule has 1 N–H and O–H groups in total.